The summed E-state index contributed by atoms with van der Waals surface area (Å²) in [5, 5.41) is 11.0. The van der Waals surface area contributed by atoms with Gasteiger partial charge in [-0.15, -0.1) is 12.1 Å². The van der Waals surface area contributed by atoms with Crippen LogP contribution in [0.1, 0.15) is 18.4 Å². The smallest absolute Gasteiger partial charge is 0.500 e. The Hall–Kier alpha value is -2.52. The fourth-order valence-corrected chi connectivity index (χ4v) is 3.99. The largest absolute Gasteiger partial charge is 0.523 e. The number of unbranched alkanes of at least 4 members (excludes halogenated alkanes) is 1. The molecule has 1 aromatic rings. The van der Waals surface area contributed by atoms with Crippen molar-refractivity contribution >= 4 is 14.5 Å². The van der Waals surface area contributed by atoms with Gasteiger partial charge in [-0.05, 0) is 12.8 Å². The molecule has 0 heterocycles. The number of benzene rings is 1. The standard InChI is InChI=1S/C15H24NO7Si.Rf/c1-19-14-7-8-15(16(17)18)13(11-14)12-23-9-5-6-10-24(20-2,21-3)22-4;/h8,11H,5-6,9-10,12H2,1-4H3;/q-1;. The molecule has 25 heavy (non-hydrogen) atoms. The first-order chi connectivity index (χ1) is 11.5. The molecule has 0 aromatic heterocycles. The number of nitro benzene ring substituents is 1. The number of rotatable bonds is 12. The van der Waals surface area contributed by atoms with Crippen molar-refractivity contribution in [2.24, 2.45) is 0 Å². The van der Waals surface area contributed by atoms with Gasteiger partial charge < -0.3 is 22.8 Å². The molecule has 0 saturated heterocycles. The second-order valence-electron chi connectivity index (χ2n) is 4.97. The average molecular weight is 625 g/mol. The molecule has 0 aliphatic heterocycles. The number of hydrogen-bond acceptors (Lipinski definition) is 7. The van der Waals surface area contributed by atoms with Crippen LogP contribution in [0.2, 0.25) is 6.04 Å². The summed E-state index contributed by atoms with van der Waals surface area (Å²) in [5.74, 6) is 0.440. The summed E-state index contributed by atoms with van der Waals surface area (Å²) in [6.45, 7) is 0.614. The van der Waals surface area contributed by atoms with Gasteiger partial charge in [0.15, 0.2) is 5.69 Å². The van der Waals surface area contributed by atoms with E-state index in [0.29, 0.717) is 24.0 Å². The molecule has 1 rings (SSSR count). The molecule has 10 heteroatoms. The average Bonchev–Trinajstić information content (AvgIpc) is 2.61. The van der Waals surface area contributed by atoms with Gasteiger partial charge in [0.25, 0.3) is 0 Å². The number of nitrogens with zero attached hydrogens (tertiary/aromatic N) is 1. The maximum absolute atomic E-state index is 11.0. The molecule has 0 amide bonds. The van der Waals surface area contributed by atoms with Crippen LogP contribution in [0.25, 0.3) is 0 Å². The zero-order valence-electron chi connectivity index (χ0n) is 15.2. The van der Waals surface area contributed by atoms with Crippen molar-refractivity contribution in [2.75, 3.05) is 35.0 Å². The van der Waals surface area contributed by atoms with Crippen molar-refractivity contribution in [2.45, 2.75) is 25.5 Å². The molecule has 0 saturated carbocycles. The third-order valence-corrected chi connectivity index (χ3v) is 6.45. The third kappa shape index (κ3) is 6.47. The zero-order chi connectivity index (χ0) is 18.0. The molecule has 0 atom stereocenters. The Kier molecular flexibility index (Phi) is 9.98. The summed E-state index contributed by atoms with van der Waals surface area (Å²) in [6.07, 6.45) is 1.59. The van der Waals surface area contributed by atoms with Gasteiger partial charge >= 0.3 is 8.80 Å². The summed E-state index contributed by atoms with van der Waals surface area (Å²) in [4.78, 5) is 10.6. The number of nitro groups is 1. The van der Waals surface area contributed by atoms with Gasteiger partial charge in [0.05, 0.1) is 13.7 Å². The molecule has 0 N–H and O–H groups in total. The van der Waals surface area contributed by atoms with E-state index in [-0.39, 0.29) is 12.3 Å². The van der Waals surface area contributed by atoms with E-state index >= 15 is 0 Å². The van der Waals surface area contributed by atoms with Gasteiger partial charge in [-0.25, -0.2) is 0 Å². The maximum Gasteiger partial charge on any atom is 0.500 e. The van der Waals surface area contributed by atoms with Crippen molar-refractivity contribution < 1.29 is 27.7 Å². The molecule has 138 valence electrons. The second-order valence-corrected chi connectivity index (χ2v) is 8.06. The van der Waals surface area contributed by atoms with Crippen LogP contribution >= 0.6 is 0 Å². The van der Waals surface area contributed by atoms with E-state index in [1.54, 1.807) is 27.4 Å². The van der Waals surface area contributed by atoms with Crippen LogP contribution in [0.5, 0.6) is 5.75 Å². The normalized spacial score (nSPS) is 11.0. The van der Waals surface area contributed by atoms with Crippen LogP contribution in [0.4, 0.5) is 5.69 Å². The first-order valence-corrected chi connectivity index (χ1v) is 9.41. The minimum atomic E-state index is -2.54. The van der Waals surface area contributed by atoms with Crippen molar-refractivity contribution in [3.63, 3.8) is 0 Å². The monoisotopic (exact) mass is 625 g/mol. The van der Waals surface area contributed by atoms with E-state index in [1.165, 1.54) is 13.2 Å². The van der Waals surface area contributed by atoms with Crippen LogP contribution in [0.3, 0.4) is 0 Å². The van der Waals surface area contributed by atoms with Crippen LogP contribution in [-0.2, 0) is 24.6 Å². The predicted molar refractivity (Wildman–Crippen MR) is 89.0 cm³/mol. The predicted octanol–water partition coefficient (Wildman–Crippen LogP) is 2.58. The Bertz CT molecular complexity index is 520. The third-order valence-electron chi connectivity index (χ3n) is 3.61. The van der Waals surface area contributed by atoms with Crippen molar-refractivity contribution in [1.82, 2.24) is 0 Å². The SMILES string of the molecule is COc1[c-]cc([N+](=O)[O-])c(COCCCC[Si](OC)(OC)OC)c1.[Rf]. The van der Waals surface area contributed by atoms with Gasteiger partial charge in [0, 0.05) is 44.7 Å². The molecular weight excluding hydrogens is 601 g/mol. The van der Waals surface area contributed by atoms with Gasteiger partial charge in [-0.3, -0.25) is 10.1 Å². The number of ether oxygens (including phenoxy) is 2. The van der Waals surface area contributed by atoms with Crippen LogP contribution in [0, 0.1) is 16.2 Å². The fourth-order valence-electron chi connectivity index (χ4n) is 2.19. The first-order valence-electron chi connectivity index (χ1n) is 7.48. The Balaban J connectivity index is 0.00000576. The summed E-state index contributed by atoms with van der Waals surface area (Å²) in [5.41, 5.74) is 0.436. The maximum atomic E-state index is 11.0. The van der Waals surface area contributed by atoms with Gasteiger partial charge in [-0.2, -0.15) is 0 Å². The molecule has 0 unspecified atom stereocenters. The Morgan fingerprint density at radius 2 is 1.80 bits per heavy atom. The van der Waals surface area contributed by atoms with E-state index in [2.05, 4.69) is 6.07 Å². The topological polar surface area (TPSA) is 89.3 Å². The minimum absolute atomic E-state index is 0. The quantitative estimate of drug-likeness (QED) is 0.116. The Labute approximate surface area is 143 Å². The van der Waals surface area contributed by atoms with E-state index in [0.717, 1.165) is 12.8 Å². The van der Waals surface area contributed by atoms with E-state index < -0.39 is 13.7 Å². The zero-order valence-corrected chi connectivity index (χ0v) is 22.6. The van der Waals surface area contributed by atoms with E-state index in [1.807, 2.05) is 0 Å². The summed E-state index contributed by atoms with van der Waals surface area (Å²) in [6, 6.07) is 6.25. The molecular formula is C15H24NO7RfSi-. The van der Waals surface area contributed by atoms with E-state index in [9.17, 15) is 10.1 Å². The first kappa shape index (κ1) is 22.5. The van der Waals surface area contributed by atoms with E-state index in [4.69, 9.17) is 22.8 Å². The van der Waals surface area contributed by atoms with Crippen molar-refractivity contribution in [3.8, 4) is 5.75 Å². The molecule has 0 fully saturated rings. The molecule has 0 bridgehead atoms. The second kappa shape index (κ2) is 11.1. The van der Waals surface area contributed by atoms with Crippen LogP contribution in [0.15, 0.2) is 12.1 Å². The van der Waals surface area contributed by atoms with Crippen molar-refractivity contribution in [1.29, 1.82) is 0 Å². The van der Waals surface area contributed by atoms with Gasteiger partial charge in [-0.1, -0.05) is 11.6 Å². The van der Waals surface area contributed by atoms with Gasteiger partial charge in [0.2, 0.25) is 0 Å². The summed E-state index contributed by atoms with van der Waals surface area (Å²) >= 11 is 0. The van der Waals surface area contributed by atoms with Crippen LogP contribution in [-0.4, -0.2) is 48.8 Å². The molecule has 0 radical (unpaired) electrons. The molecule has 8 nitrogen and oxygen atoms in total. The fraction of sp³-hybridized carbons (Fsp3) is 0.600. The van der Waals surface area contributed by atoms with Gasteiger partial charge in [0.1, 0.15) is 0 Å². The Morgan fingerprint density at radius 3 is 2.32 bits per heavy atom. The Morgan fingerprint density at radius 1 is 1.16 bits per heavy atom. The van der Waals surface area contributed by atoms with Crippen LogP contribution < -0.4 is 4.74 Å². The number of hydrogen-bond donors (Lipinski definition) is 0. The summed E-state index contributed by atoms with van der Waals surface area (Å²) in [7, 11) is 3.68. The molecule has 0 aliphatic carbocycles. The molecule has 0 spiro atoms. The molecule has 1 aromatic carbocycles. The number of methoxy groups -OCH3 is 1. The summed E-state index contributed by atoms with van der Waals surface area (Å²) < 4.78 is 26.6. The van der Waals surface area contributed by atoms with Crippen molar-refractivity contribution in [3.05, 3.63) is 33.9 Å². The minimum Gasteiger partial charge on any atom is -0.523 e. The molecule has 0 aliphatic rings.